The first-order valence-corrected chi connectivity index (χ1v) is 10.3. The minimum atomic E-state index is -1.44. The highest BCUT2D eigenvalue weighted by Gasteiger charge is 2.67. The molecule has 142 valence electrons. The van der Waals surface area contributed by atoms with Gasteiger partial charge in [-0.05, 0) is 73.1 Å². The molecule has 0 aromatic rings. The SMILES string of the molecule is C[C@]12CCC(=O)C=C1CC[C@@H]1[C@@H]2C(=P)C[C@@]2(C)[C@H]1CC[C@]2(O)C(=O)CO. The fourth-order valence-electron chi connectivity index (χ4n) is 7.06. The van der Waals surface area contributed by atoms with Gasteiger partial charge >= 0.3 is 0 Å². The third-order valence-electron chi connectivity index (χ3n) is 8.46. The maximum Gasteiger partial charge on any atom is 0.190 e. The van der Waals surface area contributed by atoms with Crippen LogP contribution in [0.1, 0.15) is 58.8 Å². The predicted molar refractivity (Wildman–Crippen MR) is 102 cm³/mol. The Balaban J connectivity index is 1.75. The van der Waals surface area contributed by atoms with Crippen LogP contribution in [0, 0.1) is 28.6 Å². The van der Waals surface area contributed by atoms with Gasteiger partial charge in [0.05, 0.1) is 0 Å². The standard InChI is InChI=1S/C21H29O4P/c1-19-7-5-13(23)9-12(19)3-4-14-15-6-8-21(25,17(24)11-22)20(15,2)10-16(26)18(14)19/h9,14-15,18,22,25-26H,3-8,10-11H2,1-2H3/t14-,15-,18+,19-,20-,21-/m0/s1. The van der Waals surface area contributed by atoms with E-state index >= 15 is 0 Å². The first-order valence-electron chi connectivity index (χ1n) is 9.85. The number of ketones is 2. The average Bonchev–Trinajstić information content (AvgIpc) is 2.86. The molecule has 0 aromatic heterocycles. The van der Waals surface area contributed by atoms with Gasteiger partial charge in [-0.2, -0.15) is 0 Å². The zero-order valence-electron chi connectivity index (χ0n) is 15.7. The Labute approximate surface area is 157 Å². The van der Waals surface area contributed by atoms with E-state index in [-0.39, 0.29) is 17.1 Å². The third-order valence-corrected chi connectivity index (χ3v) is 8.94. The van der Waals surface area contributed by atoms with E-state index in [1.54, 1.807) is 0 Å². The Hall–Kier alpha value is -0.830. The number of hydrogen-bond donors (Lipinski definition) is 2. The fourth-order valence-corrected chi connectivity index (χ4v) is 7.96. The van der Waals surface area contributed by atoms with Crippen molar-refractivity contribution in [2.24, 2.45) is 28.6 Å². The van der Waals surface area contributed by atoms with Gasteiger partial charge in [0.2, 0.25) is 0 Å². The second-order valence-corrected chi connectivity index (χ2v) is 10.1. The maximum absolute atomic E-state index is 12.4. The van der Waals surface area contributed by atoms with Crippen LogP contribution >= 0.6 is 8.86 Å². The van der Waals surface area contributed by atoms with E-state index in [4.69, 9.17) is 0 Å². The Morgan fingerprint density at radius 2 is 2.00 bits per heavy atom. The molecule has 0 radical (unpaired) electrons. The Morgan fingerprint density at radius 1 is 1.27 bits per heavy atom. The Kier molecular flexibility index (Phi) is 4.16. The number of aliphatic hydroxyl groups is 2. The highest BCUT2D eigenvalue weighted by Crippen LogP contribution is 2.67. The summed E-state index contributed by atoms with van der Waals surface area (Å²) in [7, 11) is 3.92. The number of carbonyl (C=O) groups is 2. The lowest BCUT2D eigenvalue weighted by atomic mass is 9.46. The summed E-state index contributed by atoms with van der Waals surface area (Å²) in [4.78, 5) is 24.4. The van der Waals surface area contributed by atoms with E-state index in [1.165, 1.54) is 10.9 Å². The van der Waals surface area contributed by atoms with Crippen LogP contribution in [0.25, 0.3) is 0 Å². The molecule has 2 N–H and O–H groups in total. The largest absolute Gasteiger partial charge is 0.388 e. The van der Waals surface area contributed by atoms with Crippen molar-refractivity contribution in [2.75, 3.05) is 6.61 Å². The molecular weight excluding hydrogens is 347 g/mol. The van der Waals surface area contributed by atoms with Gasteiger partial charge in [0.25, 0.3) is 0 Å². The summed E-state index contributed by atoms with van der Waals surface area (Å²) in [5, 5.41) is 21.8. The lowest BCUT2D eigenvalue weighted by Gasteiger charge is -2.59. The van der Waals surface area contributed by atoms with E-state index in [9.17, 15) is 19.8 Å². The molecule has 0 aromatic carbocycles. The predicted octanol–water partition coefficient (Wildman–Crippen LogP) is 2.74. The number of allylic oxidation sites excluding steroid dienone is 1. The van der Waals surface area contributed by atoms with Crippen LogP contribution in [0.4, 0.5) is 0 Å². The molecule has 3 fully saturated rings. The third kappa shape index (κ3) is 2.19. The van der Waals surface area contributed by atoms with E-state index in [0.29, 0.717) is 31.1 Å². The second kappa shape index (κ2) is 5.83. The summed E-state index contributed by atoms with van der Waals surface area (Å²) in [6, 6.07) is 0. The molecule has 4 rings (SSSR count). The van der Waals surface area contributed by atoms with Gasteiger partial charge in [-0.15, -0.1) is 8.86 Å². The van der Waals surface area contributed by atoms with E-state index in [2.05, 4.69) is 15.8 Å². The first-order chi connectivity index (χ1) is 12.2. The summed E-state index contributed by atoms with van der Waals surface area (Å²) < 4.78 is 0. The topological polar surface area (TPSA) is 74.6 Å². The number of rotatable bonds is 2. The Bertz CT molecular complexity index is 728. The zero-order chi connectivity index (χ0) is 18.9. The van der Waals surface area contributed by atoms with Crippen molar-refractivity contribution in [1.82, 2.24) is 0 Å². The van der Waals surface area contributed by atoms with Crippen LogP contribution in [0.2, 0.25) is 0 Å². The van der Waals surface area contributed by atoms with E-state index < -0.39 is 23.4 Å². The summed E-state index contributed by atoms with van der Waals surface area (Å²) >= 11 is 0. The lowest BCUT2D eigenvalue weighted by molar-refractivity contribution is -0.157. The molecule has 0 heterocycles. The molecule has 4 nitrogen and oxygen atoms in total. The van der Waals surface area contributed by atoms with Crippen LogP contribution in [0.3, 0.4) is 0 Å². The normalized spacial score (nSPS) is 47.7. The minimum absolute atomic E-state index is 0.00304. The van der Waals surface area contributed by atoms with Gasteiger partial charge in [0.1, 0.15) is 12.2 Å². The van der Waals surface area contributed by atoms with Crippen LogP contribution < -0.4 is 0 Å². The van der Waals surface area contributed by atoms with Gasteiger partial charge in [-0.1, -0.05) is 19.4 Å². The summed E-state index contributed by atoms with van der Waals surface area (Å²) in [6.07, 6.45) is 7.22. The summed E-state index contributed by atoms with van der Waals surface area (Å²) in [6.45, 7) is 3.73. The molecule has 3 saturated carbocycles. The van der Waals surface area contributed by atoms with Crippen molar-refractivity contribution in [3.05, 3.63) is 11.6 Å². The van der Waals surface area contributed by atoms with Crippen LogP contribution in [-0.2, 0) is 9.59 Å². The zero-order valence-corrected chi connectivity index (χ0v) is 16.7. The van der Waals surface area contributed by atoms with Crippen molar-refractivity contribution >= 4 is 25.7 Å². The number of aliphatic hydroxyl groups excluding tert-OH is 1. The average molecular weight is 376 g/mol. The van der Waals surface area contributed by atoms with Gasteiger partial charge in [-0.25, -0.2) is 0 Å². The number of fused-ring (bicyclic) bond motifs is 5. The van der Waals surface area contributed by atoms with Crippen molar-refractivity contribution in [1.29, 1.82) is 0 Å². The number of carbonyl (C=O) groups excluding carboxylic acids is 2. The van der Waals surface area contributed by atoms with Crippen molar-refractivity contribution in [3.8, 4) is 0 Å². The molecule has 0 saturated heterocycles. The quantitative estimate of drug-likeness (QED) is 0.727. The number of Topliss-reactive ketones (excluding diaryl/α,β-unsaturated/α-hetero) is 1. The van der Waals surface area contributed by atoms with E-state index in [0.717, 1.165) is 25.7 Å². The van der Waals surface area contributed by atoms with Gasteiger partial charge in [0.15, 0.2) is 11.6 Å². The summed E-state index contributed by atoms with van der Waals surface area (Å²) in [5.74, 6) is 0.820. The van der Waals surface area contributed by atoms with Crippen molar-refractivity contribution in [2.45, 2.75) is 64.4 Å². The van der Waals surface area contributed by atoms with Gasteiger partial charge in [-0.3, -0.25) is 9.59 Å². The minimum Gasteiger partial charge on any atom is -0.388 e. The Morgan fingerprint density at radius 3 is 2.69 bits per heavy atom. The molecule has 4 aliphatic carbocycles. The molecule has 0 bridgehead atoms. The summed E-state index contributed by atoms with van der Waals surface area (Å²) in [5.41, 5.74) is -0.687. The molecule has 0 amide bonds. The molecule has 0 unspecified atom stereocenters. The van der Waals surface area contributed by atoms with Crippen LogP contribution in [-0.4, -0.2) is 39.3 Å². The lowest BCUT2D eigenvalue weighted by Crippen LogP contribution is -2.60. The fraction of sp³-hybridized carbons (Fsp3) is 0.762. The highest BCUT2D eigenvalue weighted by molar-refractivity contribution is 7.21. The molecule has 5 heteroatoms. The molecule has 4 aliphatic rings. The van der Waals surface area contributed by atoms with Crippen LogP contribution in [0.15, 0.2) is 11.6 Å². The van der Waals surface area contributed by atoms with Crippen molar-refractivity contribution in [3.63, 3.8) is 0 Å². The van der Waals surface area contributed by atoms with Crippen molar-refractivity contribution < 1.29 is 19.8 Å². The molecule has 0 aliphatic heterocycles. The monoisotopic (exact) mass is 376 g/mol. The van der Waals surface area contributed by atoms with E-state index in [1.807, 2.05) is 13.0 Å². The number of hydrogen-bond acceptors (Lipinski definition) is 4. The van der Waals surface area contributed by atoms with Gasteiger partial charge in [0, 0.05) is 11.8 Å². The highest BCUT2D eigenvalue weighted by atomic mass is 31.0. The van der Waals surface area contributed by atoms with Gasteiger partial charge < -0.3 is 10.2 Å². The molecule has 0 spiro atoms. The molecule has 26 heavy (non-hydrogen) atoms. The molecule has 6 atom stereocenters. The molecular formula is C21H29O4P. The smallest absolute Gasteiger partial charge is 0.190 e. The van der Waals surface area contributed by atoms with Crippen LogP contribution in [0.5, 0.6) is 0 Å². The second-order valence-electron chi connectivity index (χ2n) is 9.44. The first kappa shape index (κ1) is 18.5. The maximum atomic E-state index is 12.4.